The van der Waals surface area contributed by atoms with Crippen LogP contribution in [0, 0.1) is 10.1 Å². The Morgan fingerprint density at radius 3 is 2.36 bits per heavy atom. The van der Waals surface area contributed by atoms with Gasteiger partial charge in [-0.1, -0.05) is 19.1 Å². The number of carbonyl (C=O) groups is 2. The molecule has 13 heteroatoms. The first-order valence-electron chi connectivity index (χ1n) is 10.9. The lowest BCUT2D eigenvalue weighted by Gasteiger charge is -2.32. The molecule has 2 amide bonds. The maximum atomic E-state index is 13.6. The number of rotatable bonds is 12. The summed E-state index contributed by atoms with van der Waals surface area (Å²) in [6, 6.07) is 9.45. The Kier molecular flexibility index (Phi) is 9.61. The number of anilines is 1. The fraction of sp³-hybridized carbons (Fsp3) is 0.391. The van der Waals surface area contributed by atoms with Gasteiger partial charge in [0, 0.05) is 25.7 Å². The largest absolute Gasteiger partial charge is 0.497 e. The Morgan fingerprint density at radius 1 is 1.14 bits per heavy atom. The Balaban J connectivity index is 2.56. The van der Waals surface area contributed by atoms with E-state index >= 15 is 0 Å². The Morgan fingerprint density at radius 2 is 1.83 bits per heavy atom. The third-order valence-corrected chi connectivity index (χ3v) is 6.57. The number of methoxy groups -OCH3 is 2. The zero-order valence-corrected chi connectivity index (χ0v) is 21.6. The summed E-state index contributed by atoms with van der Waals surface area (Å²) in [6.07, 6.45) is 1.13. The van der Waals surface area contributed by atoms with Gasteiger partial charge >= 0.3 is 0 Å². The molecule has 0 heterocycles. The molecule has 0 aliphatic heterocycles. The molecule has 0 bridgehead atoms. The van der Waals surface area contributed by atoms with E-state index in [1.165, 1.54) is 38.3 Å². The topological polar surface area (TPSA) is 148 Å². The fourth-order valence-electron chi connectivity index (χ4n) is 3.64. The van der Waals surface area contributed by atoms with Crippen LogP contribution in [-0.2, 0) is 26.2 Å². The van der Waals surface area contributed by atoms with E-state index in [0.29, 0.717) is 11.3 Å². The van der Waals surface area contributed by atoms with Crippen molar-refractivity contribution in [2.75, 3.05) is 38.4 Å². The number of hydrogen-bond donors (Lipinski definition) is 1. The molecule has 0 saturated heterocycles. The monoisotopic (exact) mass is 522 g/mol. The predicted molar refractivity (Wildman–Crippen MR) is 134 cm³/mol. The van der Waals surface area contributed by atoms with Crippen LogP contribution in [0.15, 0.2) is 42.5 Å². The summed E-state index contributed by atoms with van der Waals surface area (Å²) in [5, 5.41) is 13.8. The average molecular weight is 523 g/mol. The van der Waals surface area contributed by atoms with E-state index < -0.39 is 39.3 Å². The third-order valence-electron chi connectivity index (χ3n) is 5.44. The lowest BCUT2D eigenvalue weighted by Crippen LogP contribution is -2.51. The highest BCUT2D eigenvalue weighted by atomic mass is 32.2. The zero-order chi connectivity index (χ0) is 27.0. The summed E-state index contributed by atoms with van der Waals surface area (Å²) in [5.74, 6) is -0.539. The number of ether oxygens (including phenoxy) is 2. The molecule has 196 valence electrons. The second-order valence-corrected chi connectivity index (χ2v) is 9.70. The second-order valence-electron chi connectivity index (χ2n) is 7.79. The van der Waals surface area contributed by atoms with E-state index in [0.717, 1.165) is 16.6 Å². The molecule has 0 saturated carbocycles. The number of likely N-dealkylation sites (N-methyl/N-ethyl adjacent to an activating group) is 1. The molecule has 1 N–H and O–H groups in total. The first-order valence-corrected chi connectivity index (χ1v) is 12.8. The van der Waals surface area contributed by atoms with Crippen LogP contribution in [0.25, 0.3) is 0 Å². The second kappa shape index (κ2) is 12.2. The summed E-state index contributed by atoms with van der Waals surface area (Å²) >= 11 is 0. The van der Waals surface area contributed by atoms with Gasteiger partial charge in [-0.05, 0) is 30.2 Å². The SMILES string of the molecule is CC[C@H](C(=O)NC)N(Cc1cccc(OC)c1)C(=O)CN(c1cc([N+](=O)[O-])ccc1OC)S(C)(=O)=O. The molecule has 0 fully saturated rings. The molecule has 2 rings (SSSR count). The lowest BCUT2D eigenvalue weighted by molar-refractivity contribution is -0.384. The van der Waals surface area contributed by atoms with Gasteiger partial charge < -0.3 is 19.7 Å². The first kappa shape index (κ1) is 28.4. The van der Waals surface area contributed by atoms with Gasteiger partial charge in [0.05, 0.1) is 25.4 Å². The Hall–Kier alpha value is -3.87. The summed E-state index contributed by atoms with van der Waals surface area (Å²) in [4.78, 5) is 38.1. The van der Waals surface area contributed by atoms with Gasteiger partial charge in [-0.3, -0.25) is 24.0 Å². The van der Waals surface area contributed by atoms with E-state index in [1.807, 2.05) is 0 Å². The van der Waals surface area contributed by atoms with E-state index in [2.05, 4.69) is 5.32 Å². The number of benzene rings is 2. The van der Waals surface area contributed by atoms with Gasteiger partial charge in [0.25, 0.3) is 5.69 Å². The molecule has 0 aliphatic carbocycles. The van der Waals surface area contributed by atoms with Crippen molar-refractivity contribution < 1.29 is 32.4 Å². The van der Waals surface area contributed by atoms with Crippen LogP contribution in [0.3, 0.4) is 0 Å². The summed E-state index contributed by atoms with van der Waals surface area (Å²) in [6.45, 7) is 1.00. The molecule has 2 aromatic rings. The fourth-order valence-corrected chi connectivity index (χ4v) is 4.48. The number of carbonyl (C=O) groups excluding carboxylic acids is 2. The number of amides is 2. The highest BCUT2D eigenvalue weighted by molar-refractivity contribution is 7.92. The van der Waals surface area contributed by atoms with Crippen molar-refractivity contribution in [1.82, 2.24) is 10.2 Å². The minimum atomic E-state index is -4.10. The minimum absolute atomic E-state index is 0.00830. The Labute approximate surface area is 210 Å². The van der Waals surface area contributed by atoms with Gasteiger partial charge in [0.1, 0.15) is 29.8 Å². The number of nitrogens with one attached hydrogen (secondary N) is 1. The number of non-ortho nitro benzene ring substituents is 1. The van der Waals surface area contributed by atoms with Crippen LogP contribution in [0.4, 0.5) is 11.4 Å². The molecule has 12 nitrogen and oxygen atoms in total. The molecule has 0 aromatic heterocycles. The molecule has 2 aromatic carbocycles. The lowest BCUT2D eigenvalue weighted by atomic mass is 10.1. The number of nitro benzene ring substituents is 1. The standard InChI is InChI=1S/C23H30N4O8S/c1-6-19(23(29)24-2)25(14-16-8-7-9-18(12-16)34-3)22(28)15-26(36(5,32)33)20-13-17(27(30)31)10-11-21(20)35-4/h7-13,19H,6,14-15H2,1-5H3,(H,24,29)/t19-/m1/s1. The van der Waals surface area contributed by atoms with Gasteiger partial charge in [-0.25, -0.2) is 8.42 Å². The van der Waals surface area contributed by atoms with Crippen LogP contribution >= 0.6 is 0 Å². The van der Waals surface area contributed by atoms with Crippen LogP contribution in [-0.4, -0.2) is 70.2 Å². The van der Waals surface area contributed by atoms with Gasteiger partial charge in [-0.15, -0.1) is 0 Å². The summed E-state index contributed by atoms with van der Waals surface area (Å²) in [7, 11) is 0.116. The maximum Gasteiger partial charge on any atom is 0.271 e. The van der Waals surface area contributed by atoms with Crippen molar-refractivity contribution in [2.45, 2.75) is 25.9 Å². The number of sulfonamides is 1. The smallest absolute Gasteiger partial charge is 0.271 e. The normalized spacial score (nSPS) is 11.8. The van der Waals surface area contributed by atoms with Gasteiger partial charge in [-0.2, -0.15) is 0 Å². The van der Waals surface area contributed by atoms with E-state index in [1.54, 1.807) is 31.2 Å². The third kappa shape index (κ3) is 6.84. The van der Waals surface area contributed by atoms with E-state index in [4.69, 9.17) is 9.47 Å². The van der Waals surface area contributed by atoms with Crippen LogP contribution in [0.5, 0.6) is 11.5 Å². The van der Waals surface area contributed by atoms with Crippen LogP contribution < -0.4 is 19.1 Å². The molecular formula is C23H30N4O8S. The molecule has 36 heavy (non-hydrogen) atoms. The Bertz CT molecular complexity index is 1220. The van der Waals surface area contributed by atoms with Gasteiger partial charge in [0.2, 0.25) is 21.8 Å². The number of hydrogen-bond acceptors (Lipinski definition) is 8. The molecular weight excluding hydrogens is 492 g/mol. The van der Waals surface area contributed by atoms with E-state index in [9.17, 15) is 28.1 Å². The predicted octanol–water partition coefficient (Wildman–Crippen LogP) is 1.93. The molecule has 0 spiro atoms. The maximum absolute atomic E-state index is 13.6. The van der Waals surface area contributed by atoms with Crippen LogP contribution in [0.1, 0.15) is 18.9 Å². The van der Waals surface area contributed by atoms with Gasteiger partial charge in [0.15, 0.2) is 0 Å². The quantitative estimate of drug-likeness (QED) is 0.328. The van der Waals surface area contributed by atoms with Crippen LogP contribution in [0.2, 0.25) is 0 Å². The average Bonchev–Trinajstić information content (AvgIpc) is 2.85. The van der Waals surface area contributed by atoms with E-state index in [-0.39, 0.29) is 30.1 Å². The minimum Gasteiger partial charge on any atom is -0.497 e. The van der Waals surface area contributed by atoms with Crippen molar-refractivity contribution in [2.24, 2.45) is 0 Å². The number of nitrogens with zero attached hydrogens (tertiary/aromatic N) is 3. The van der Waals surface area contributed by atoms with Crippen molar-refractivity contribution in [3.63, 3.8) is 0 Å². The first-order chi connectivity index (χ1) is 17.0. The highest BCUT2D eigenvalue weighted by Crippen LogP contribution is 2.34. The molecule has 0 unspecified atom stereocenters. The molecule has 0 radical (unpaired) electrons. The number of nitro groups is 1. The highest BCUT2D eigenvalue weighted by Gasteiger charge is 2.33. The zero-order valence-electron chi connectivity index (χ0n) is 20.8. The van der Waals surface area contributed by atoms with Crippen molar-refractivity contribution in [3.05, 3.63) is 58.1 Å². The van der Waals surface area contributed by atoms with Crippen molar-refractivity contribution >= 4 is 33.2 Å². The van der Waals surface area contributed by atoms with Crippen molar-refractivity contribution in [3.8, 4) is 11.5 Å². The molecule has 1 atom stereocenters. The van der Waals surface area contributed by atoms with Crippen molar-refractivity contribution in [1.29, 1.82) is 0 Å². The summed E-state index contributed by atoms with van der Waals surface area (Å²) < 4.78 is 36.7. The summed E-state index contributed by atoms with van der Waals surface area (Å²) in [5.41, 5.74) is 0.109. The molecule has 0 aliphatic rings.